The zero-order chi connectivity index (χ0) is 14.9. The first-order valence-electron chi connectivity index (χ1n) is 5.27. The Labute approximate surface area is 129 Å². The third kappa shape index (κ3) is 2.80. The van der Waals surface area contributed by atoms with E-state index in [4.69, 9.17) is 39.5 Å². The van der Waals surface area contributed by atoms with E-state index in [-0.39, 0.29) is 21.6 Å². The second-order valence-electron chi connectivity index (χ2n) is 3.75. The lowest BCUT2D eigenvalue weighted by molar-refractivity contribution is -0.385. The van der Waals surface area contributed by atoms with Crippen molar-refractivity contribution >= 4 is 40.5 Å². The fourth-order valence-electron chi connectivity index (χ4n) is 1.63. The van der Waals surface area contributed by atoms with Gasteiger partial charge in [0, 0.05) is 11.6 Å². The lowest BCUT2D eigenvalue weighted by atomic mass is 10.1. The van der Waals surface area contributed by atoms with E-state index < -0.39 is 4.92 Å². The number of halogens is 3. The van der Waals surface area contributed by atoms with E-state index >= 15 is 0 Å². The van der Waals surface area contributed by atoms with Gasteiger partial charge in [-0.15, -0.1) is 0 Å². The van der Waals surface area contributed by atoms with Crippen LogP contribution in [0.25, 0.3) is 11.1 Å². The number of benzene rings is 1. The van der Waals surface area contributed by atoms with Crippen molar-refractivity contribution in [3.8, 4) is 17.0 Å². The van der Waals surface area contributed by atoms with Crippen LogP contribution in [0.2, 0.25) is 15.1 Å². The minimum atomic E-state index is -0.554. The van der Waals surface area contributed by atoms with E-state index in [0.29, 0.717) is 16.1 Å². The predicted molar refractivity (Wildman–Crippen MR) is 77.9 cm³/mol. The summed E-state index contributed by atoms with van der Waals surface area (Å²) < 4.78 is 5.09. The molecular formula is C12H7Cl3N2O3. The molecule has 1 aromatic carbocycles. The Bertz CT molecular complexity index is 692. The van der Waals surface area contributed by atoms with Crippen LogP contribution in [0, 0.1) is 10.1 Å². The first-order chi connectivity index (χ1) is 9.43. The van der Waals surface area contributed by atoms with Gasteiger partial charge in [0.15, 0.2) is 0 Å². The third-order valence-electron chi connectivity index (χ3n) is 2.54. The molecule has 2 rings (SSSR count). The summed E-state index contributed by atoms with van der Waals surface area (Å²) in [6.45, 7) is 0. The van der Waals surface area contributed by atoms with Crippen molar-refractivity contribution in [3.63, 3.8) is 0 Å². The minimum absolute atomic E-state index is 0.178. The molecule has 2 aromatic rings. The summed E-state index contributed by atoms with van der Waals surface area (Å²) in [5.41, 5.74) is 0.641. The van der Waals surface area contributed by atoms with Crippen molar-refractivity contribution in [2.75, 3.05) is 7.11 Å². The summed E-state index contributed by atoms with van der Waals surface area (Å²) in [4.78, 5) is 14.2. The van der Waals surface area contributed by atoms with Gasteiger partial charge in [-0.3, -0.25) is 10.1 Å². The number of nitrogens with zero attached hydrogens (tertiary/aromatic N) is 2. The maximum atomic E-state index is 10.8. The van der Waals surface area contributed by atoms with E-state index in [0.717, 1.165) is 6.20 Å². The van der Waals surface area contributed by atoms with E-state index in [2.05, 4.69) is 4.98 Å². The van der Waals surface area contributed by atoms with Gasteiger partial charge in [-0.05, 0) is 12.1 Å². The highest BCUT2D eigenvalue weighted by atomic mass is 35.5. The van der Waals surface area contributed by atoms with Gasteiger partial charge in [-0.25, -0.2) is 4.98 Å². The summed E-state index contributed by atoms with van der Waals surface area (Å²) in [5.74, 6) is 0.205. The largest absolute Gasteiger partial charge is 0.481 e. The Balaban J connectivity index is 2.70. The zero-order valence-corrected chi connectivity index (χ0v) is 12.3. The van der Waals surface area contributed by atoms with Crippen LogP contribution >= 0.6 is 34.8 Å². The predicted octanol–water partition coefficient (Wildman–Crippen LogP) is 4.63. The summed E-state index contributed by atoms with van der Waals surface area (Å²) >= 11 is 17.9. The lowest BCUT2D eigenvalue weighted by Crippen LogP contribution is -1.96. The fourth-order valence-corrected chi connectivity index (χ4v) is 2.27. The topological polar surface area (TPSA) is 65.3 Å². The van der Waals surface area contributed by atoms with E-state index in [1.807, 2.05) is 0 Å². The third-order valence-corrected chi connectivity index (χ3v) is 3.58. The minimum Gasteiger partial charge on any atom is -0.481 e. The molecule has 104 valence electrons. The zero-order valence-electron chi connectivity index (χ0n) is 10.1. The first kappa shape index (κ1) is 14.8. The van der Waals surface area contributed by atoms with Gasteiger partial charge in [0.2, 0.25) is 5.88 Å². The van der Waals surface area contributed by atoms with Gasteiger partial charge < -0.3 is 4.74 Å². The Kier molecular flexibility index (Phi) is 4.32. The lowest BCUT2D eigenvalue weighted by Gasteiger charge is -2.10. The van der Waals surface area contributed by atoms with Gasteiger partial charge in [-0.2, -0.15) is 0 Å². The molecule has 20 heavy (non-hydrogen) atoms. The Morgan fingerprint density at radius 1 is 1.10 bits per heavy atom. The van der Waals surface area contributed by atoms with Crippen LogP contribution in [0.5, 0.6) is 5.88 Å². The van der Waals surface area contributed by atoms with Crippen LogP contribution < -0.4 is 4.74 Å². The molecule has 0 spiro atoms. The van der Waals surface area contributed by atoms with E-state index in [9.17, 15) is 10.1 Å². The monoisotopic (exact) mass is 332 g/mol. The Morgan fingerprint density at radius 2 is 1.75 bits per heavy atom. The van der Waals surface area contributed by atoms with Gasteiger partial charge in [0.1, 0.15) is 6.20 Å². The van der Waals surface area contributed by atoms with Crippen molar-refractivity contribution in [1.82, 2.24) is 4.98 Å². The van der Waals surface area contributed by atoms with Crippen molar-refractivity contribution < 1.29 is 9.66 Å². The molecule has 5 nitrogen and oxygen atoms in total. The second kappa shape index (κ2) is 5.83. The first-order valence-corrected chi connectivity index (χ1v) is 6.40. The quantitative estimate of drug-likeness (QED) is 0.467. The summed E-state index contributed by atoms with van der Waals surface area (Å²) in [6.07, 6.45) is 1.10. The van der Waals surface area contributed by atoms with Crippen LogP contribution in [-0.4, -0.2) is 17.0 Å². The molecular weight excluding hydrogens is 327 g/mol. The number of hydrogen-bond acceptors (Lipinski definition) is 4. The Morgan fingerprint density at radius 3 is 2.35 bits per heavy atom. The van der Waals surface area contributed by atoms with Crippen LogP contribution in [-0.2, 0) is 0 Å². The normalized spacial score (nSPS) is 10.4. The average Bonchev–Trinajstić information content (AvgIpc) is 2.42. The smallest absolute Gasteiger partial charge is 0.288 e. The number of pyridine rings is 1. The average molecular weight is 334 g/mol. The molecule has 0 fully saturated rings. The SMILES string of the molecule is COc1ncc([N+](=O)[O-])cc1-c1cc(Cl)c(Cl)cc1Cl. The van der Waals surface area contributed by atoms with Crippen molar-refractivity contribution in [2.45, 2.75) is 0 Å². The van der Waals surface area contributed by atoms with Crippen LogP contribution in [0.4, 0.5) is 5.69 Å². The van der Waals surface area contributed by atoms with E-state index in [1.165, 1.54) is 25.3 Å². The molecule has 0 N–H and O–H groups in total. The fraction of sp³-hybridized carbons (Fsp3) is 0.0833. The number of aromatic nitrogens is 1. The van der Waals surface area contributed by atoms with Gasteiger partial charge in [0.05, 0.1) is 32.7 Å². The number of hydrogen-bond donors (Lipinski definition) is 0. The molecule has 0 bridgehead atoms. The van der Waals surface area contributed by atoms with Gasteiger partial charge in [-0.1, -0.05) is 34.8 Å². The highest BCUT2D eigenvalue weighted by Gasteiger charge is 2.17. The Hall–Kier alpha value is -1.56. The summed E-state index contributed by atoms with van der Waals surface area (Å²) in [6, 6.07) is 4.28. The van der Waals surface area contributed by atoms with Crippen LogP contribution in [0.3, 0.4) is 0 Å². The summed E-state index contributed by atoms with van der Waals surface area (Å²) in [5, 5.41) is 11.7. The maximum Gasteiger partial charge on any atom is 0.288 e. The van der Waals surface area contributed by atoms with Gasteiger partial charge >= 0.3 is 0 Å². The van der Waals surface area contributed by atoms with Crippen LogP contribution in [0.15, 0.2) is 24.4 Å². The molecule has 0 unspecified atom stereocenters. The van der Waals surface area contributed by atoms with Gasteiger partial charge in [0.25, 0.3) is 5.69 Å². The number of rotatable bonds is 3. The molecule has 0 atom stereocenters. The van der Waals surface area contributed by atoms with Crippen molar-refractivity contribution in [2.24, 2.45) is 0 Å². The number of nitro groups is 1. The molecule has 0 saturated carbocycles. The molecule has 0 aliphatic rings. The molecule has 1 heterocycles. The summed E-state index contributed by atoms with van der Waals surface area (Å²) in [7, 11) is 1.41. The highest BCUT2D eigenvalue weighted by molar-refractivity contribution is 6.44. The number of ether oxygens (including phenoxy) is 1. The molecule has 0 aliphatic carbocycles. The molecule has 0 aliphatic heterocycles. The highest BCUT2D eigenvalue weighted by Crippen LogP contribution is 2.39. The molecule has 0 amide bonds. The maximum absolute atomic E-state index is 10.8. The van der Waals surface area contributed by atoms with Crippen LogP contribution in [0.1, 0.15) is 0 Å². The second-order valence-corrected chi connectivity index (χ2v) is 4.98. The van der Waals surface area contributed by atoms with E-state index in [1.54, 1.807) is 0 Å². The molecule has 8 heteroatoms. The molecule has 0 radical (unpaired) electrons. The van der Waals surface area contributed by atoms with Crippen molar-refractivity contribution in [3.05, 3.63) is 49.6 Å². The molecule has 0 saturated heterocycles. The van der Waals surface area contributed by atoms with Crippen molar-refractivity contribution in [1.29, 1.82) is 0 Å². The number of methoxy groups -OCH3 is 1. The standard InChI is InChI=1S/C12H7Cl3N2O3/c1-20-12-8(2-6(5-16-12)17(18)19)7-3-10(14)11(15)4-9(7)13/h2-5H,1H3. The molecule has 1 aromatic heterocycles.